The van der Waals surface area contributed by atoms with Crippen molar-refractivity contribution in [3.8, 4) is 11.1 Å². The van der Waals surface area contributed by atoms with Gasteiger partial charge in [0.1, 0.15) is 10.6 Å². The largest absolute Gasteiger partial charge is 0.368 e. The van der Waals surface area contributed by atoms with Crippen molar-refractivity contribution in [2.24, 2.45) is 0 Å². The highest BCUT2D eigenvalue weighted by Gasteiger charge is 2.27. The molecule has 8 nitrogen and oxygen atoms in total. The smallest absolute Gasteiger partial charge is 0.295 e. The lowest BCUT2D eigenvalue weighted by molar-refractivity contribution is 0.0747. The van der Waals surface area contributed by atoms with Gasteiger partial charge in [0.15, 0.2) is 0 Å². The molecule has 4 aromatic rings. The quantitative estimate of drug-likeness (QED) is 0.422. The number of anilines is 1. The molecule has 0 fully saturated rings. The van der Waals surface area contributed by atoms with Crippen LogP contribution >= 0.6 is 0 Å². The van der Waals surface area contributed by atoms with E-state index >= 15 is 0 Å². The molecule has 2 heterocycles. The first-order chi connectivity index (χ1) is 16.3. The standard InChI is InChI=1S/C23H18N4O4S.C2H6/c24-23-25-19-10-9-14(17-7-3-4-8-20(17)32(29,30)31)11-18(19)21(26-23)22(28)27-12-15-5-1-2-6-16(15)13-27;1-2/h1-11H,12-13H2,(H2,24,25,26)(H,29,30,31);1-2H3. The van der Waals surface area contributed by atoms with Crippen molar-refractivity contribution in [3.63, 3.8) is 0 Å². The van der Waals surface area contributed by atoms with Crippen LogP contribution in [-0.2, 0) is 23.2 Å². The Balaban J connectivity index is 0.00000133. The first-order valence-electron chi connectivity index (χ1n) is 10.8. The Bertz CT molecular complexity index is 1480. The van der Waals surface area contributed by atoms with Gasteiger partial charge in [0, 0.05) is 24.0 Å². The van der Waals surface area contributed by atoms with E-state index < -0.39 is 10.1 Å². The maximum atomic E-state index is 13.4. The Labute approximate surface area is 197 Å². The minimum Gasteiger partial charge on any atom is -0.368 e. The normalized spacial score (nSPS) is 12.7. The van der Waals surface area contributed by atoms with Gasteiger partial charge in [-0.3, -0.25) is 9.35 Å². The molecule has 1 aliphatic heterocycles. The number of benzene rings is 3. The molecule has 0 saturated heterocycles. The van der Waals surface area contributed by atoms with Gasteiger partial charge >= 0.3 is 0 Å². The van der Waals surface area contributed by atoms with E-state index in [1.54, 1.807) is 35.2 Å². The lowest BCUT2D eigenvalue weighted by atomic mass is 10.0. The molecule has 0 atom stereocenters. The molecule has 0 bridgehead atoms. The molecule has 0 unspecified atom stereocenters. The van der Waals surface area contributed by atoms with E-state index in [1.807, 2.05) is 38.1 Å². The summed E-state index contributed by atoms with van der Waals surface area (Å²) in [7, 11) is -4.44. The zero-order valence-electron chi connectivity index (χ0n) is 18.8. The summed E-state index contributed by atoms with van der Waals surface area (Å²) >= 11 is 0. The molecular weight excluding hydrogens is 452 g/mol. The molecule has 0 radical (unpaired) electrons. The van der Waals surface area contributed by atoms with Crippen molar-refractivity contribution in [3.05, 3.63) is 83.6 Å². The highest BCUT2D eigenvalue weighted by Crippen LogP contribution is 2.32. The number of nitrogen functional groups attached to an aromatic ring is 1. The predicted molar refractivity (Wildman–Crippen MR) is 131 cm³/mol. The maximum Gasteiger partial charge on any atom is 0.295 e. The van der Waals surface area contributed by atoms with Crippen molar-refractivity contribution in [1.82, 2.24) is 14.9 Å². The molecule has 3 N–H and O–H groups in total. The fourth-order valence-electron chi connectivity index (χ4n) is 4.03. The van der Waals surface area contributed by atoms with E-state index in [-0.39, 0.29) is 22.4 Å². The third-order valence-corrected chi connectivity index (χ3v) is 6.43. The van der Waals surface area contributed by atoms with Gasteiger partial charge in [0.25, 0.3) is 16.0 Å². The Hall–Kier alpha value is -3.82. The molecule has 9 heteroatoms. The second kappa shape index (κ2) is 9.20. The summed E-state index contributed by atoms with van der Waals surface area (Å²) in [5, 5.41) is 0.447. The minimum atomic E-state index is -4.44. The maximum absolute atomic E-state index is 13.4. The summed E-state index contributed by atoms with van der Waals surface area (Å²) in [4.78, 5) is 23.3. The summed E-state index contributed by atoms with van der Waals surface area (Å²) in [5.41, 5.74) is 9.44. The molecular formula is C25H24N4O4S. The molecule has 1 aromatic heterocycles. The number of fused-ring (bicyclic) bond motifs is 2. The fourth-order valence-corrected chi connectivity index (χ4v) is 4.75. The number of aromatic nitrogens is 2. The highest BCUT2D eigenvalue weighted by atomic mass is 32.2. The zero-order chi connectivity index (χ0) is 24.5. The molecule has 0 spiro atoms. The van der Waals surface area contributed by atoms with Crippen LogP contribution in [0.25, 0.3) is 22.0 Å². The lowest BCUT2D eigenvalue weighted by Gasteiger charge is -2.17. The van der Waals surface area contributed by atoms with E-state index in [4.69, 9.17) is 5.73 Å². The van der Waals surface area contributed by atoms with Crippen LogP contribution in [0.5, 0.6) is 0 Å². The molecule has 174 valence electrons. The van der Waals surface area contributed by atoms with Gasteiger partial charge in [-0.05, 0) is 34.9 Å². The lowest BCUT2D eigenvalue weighted by Crippen LogP contribution is -2.27. The minimum absolute atomic E-state index is 0.0244. The number of hydrogen-bond acceptors (Lipinski definition) is 6. The van der Waals surface area contributed by atoms with Crippen LogP contribution < -0.4 is 5.73 Å². The van der Waals surface area contributed by atoms with Gasteiger partial charge in [0.2, 0.25) is 5.95 Å². The van der Waals surface area contributed by atoms with Crippen LogP contribution in [0, 0.1) is 0 Å². The van der Waals surface area contributed by atoms with Crippen molar-refractivity contribution >= 4 is 32.9 Å². The summed E-state index contributed by atoms with van der Waals surface area (Å²) in [6.45, 7) is 4.93. The highest BCUT2D eigenvalue weighted by molar-refractivity contribution is 7.86. The summed E-state index contributed by atoms with van der Waals surface area (Å²) in [5.74, 6) is -0.316. The second-order valence-electron chi connectivity index (χ2n) is 7.56. The van der Waals surface area contributed by atoms with Gasteiger partial charge in [-0.15, -0.1) is 0 Å². The second-order valence-corrected chi connectivity index (χ2v) is 8.95. The van der Waals surface area contributed by atoms with Crippen molar-refractivity contribution in [1.29, 1.82) is 0 Å². The molecule has 0 aliphatic carbocycles. The summed E-state index contributed by atoms with van der Waals surface area (Å²) < 4.78 is 33.3. The van der Waals surface area contributed by atoms with E-state index in [2.05, 4.69) is 9.97 Å². The Morgan fingerprint density at radius 2 is 1.56 bits per heavy atom. The van der Waals surface area contributed by atoms with Gasteiger partial charge < -0.3 is 10.6 Å². The Kier molecular flexibility index (Phi) is 6.32. The number of nitrogens with two attached hydrogens (primary N) is 1. The average molecular weight is 477 g/mol. The SMILES string of the molecule is CC.Nc1nc(C(=O)N2Cc3ccccc3C2)c2cc(-c3ccccc3S(=O)(=O)O)ccc2n1. The van der Waals surface area contributed by atoms with Crippen molar-refractivity contribution in [2.75, 3.05) is 5.73 Å². The van der Waals surface area contributed by atoms with Crippen molar-refractivity contribution in [2.45, 2.75) is 31.8 Å². The third kappa shape index (κ3) is 4.35. The monoisotopic (exact) mass is 476 g/mol. The van der Waals surface area contributed by atoms with Crippen molar-refractivity contribution < 1.29 is 17.8 Å². The summed E-state index contributed by atoms with van der Waals surface area (Å²) in [6.07, 6.45) is 0. The molecule has 0 saturated carbocycles. The van der Waals surface area contributed by atoms with Crippen LogP contribution in [0.15, 0.2) is 71.6 Å². The van der Waals surface area contributed by atoms with E-state index in [1.165, 1.54) is 12.1 Å². The Morgan fingerprint density at radius 1 is 0.941 bits per heavy atom. The van der Waals surface area contributed by atoms with Gasteiger partial charge in [-0.25, -0.2) is 9.97 Å². The molecule has 5 rings (SSSR count). The number of carbonyl (C=O) groups excluding carboxylic acids is 1. The van der Waals surface area contributed by atoms with Crippen LogP contribution in [0.3, 0.4) is 0 Å². The van der Waals surface area contributed by atoms with Gasteiger partial charge in [0.05, 0.1) is 5.52 Å². The van der Waals surface area contributed by atoms with Gasteiger partial charge in [-0.1, -0.05) is 62.4 Å². The first kappa shape index (κ1) is 23.3. The molecule has 1 aliphatic rings. The first-order valence-corrected chi connectivity index (χ1v) is 12.3. The number of hydrogen-bond donors (Lipinski definition) is 2. The van der Waals surface area contributed by atoms with Crippen LogP contribution in [0.1, 0.15) is 35.5 Å². The third-order valence-electron chi connectivity index (χ3n) is 5.52. The van der Waals surface area contributed by atoms with E-state index in [0.29, 0.717) is 35.1 Å². The van der Waals surface area contributed by atoms with Crippen LogP contribution in [0.2, 0.25) is 0 Å². The zero-order valence-corrected chi connectivity index (χ0v) is 19.6. The number of amides is 1. The summed E-state index contributed by atoms with van der Waals surface area (Å²) in [6, 6.07) is 18.9. The number of rotatable bonds is 3. The molecule has 34 heavy (non-hydrogen) atoms. The topological polar surface area (TPSA) is 126 Å². The fraction of sp³-hybridized carbons (Fsp3) is 0.160. The molecule has 1 amide bonds. The van der Waals surface area contributed by atoms with E-state index in [0.717, 1.165) is 11.1 Å². The van der Waals surface area contributed by atoms with Crippen LogP contribution in [-0.4, -0.2) is 33.7 Å². The predicted octanol–water partition coefficient (Wildman–Crippen LogP) is 4.31. The van der Waals surface area contributed by atoms with E-state index in [9.17, 15) is 17.8 Å². The van der Waals surface area contributed by atoms with Crippen LogP contribution in [0.4, 0.5) is 5.95 Å². The average Bonchev–Trinajstić information content (AvgIpc) is 3.28. The molecule has 3 aromatic carbocycles. The van der Waals surface area contributed by atoms with Gasteiger partial charge in [-0.2, -0.15) is 8.42 Å². The number of carbonyl (C=O) groups is 1. The number of nitrogens with zero attached hydrogens (tertiary/aromatic N) is 3. The Morgan fingerprint density at radius 3 is 2.21 bits per heavy atom.